The summed E-state index contributed by atoms with van der Waals surface area (Å²) in [6.45, 7) is 0.497. The summed E-state index contributed by atoms with van der Waals surface area (Å²) in [5.74, 6) is -5.67. The predicted molar refractivity (Wildman–Crippen MR) is 221 cm³/mol. The molecule has 6 N–H and O–H groups in total. The molecule has 1 unspecified atom stereocenters. The van der Waals surface area contributed by atoms with Crippen LogP contribution in [0.15, 0.2) is 0 Å². The summed E-state index contributed by atoms with van der Waals surface area (Å²) in [6, 6.07) is -1.32. The number of aromatic nitrogens is 4. The van der Waals surface area contributed by atoms with E-state index in [-0.39, 0.29) is 83.0 Å². The van der Waals surface area contributed by atoms with E-state index in [4.69, 9.17) is 4.74 Å². The van der Waals surface area contributed by atoms with Crippen molar-refractivity contribution in [1.29, 1.82) is 0 Å². The highest BCUT2D eigenvalue weighted by atomic mass is 32.2. The maximum atomic E-state index is 12.4. The second kappa shape index (κ2) is 33.4. The lowest BCUT2D eigenvalue weighted by Crippen LogP contribution is -2.41. The summed E-state index contributed by atoms with van der Waals surface area (Å²) < 4.78 is 31.6. The number of ketones is 2. The van der Waals surface area contributed by atoms with E-state index in [2.05, 4.69) is 36.0 Å². The first-order valence-electron chi connectivity index (χ1n) is 21.5. The number of unbranched alkanes of at least 4 members (excludes halogenated alkanes) is 12. The maximum Gasteiger partial charge on any atom is 0.326 e. The number of sulfonamides is 1. The third-order valence-electron chi connectivity index (χ3n) is 9.93. The van der Waals surface area contributed by atoms with Gasteiger partial charge in [0.15, 0.2) is 5.82 Å². The van der Waals surface area contributed by atoms with Gasteiger partial charge >= 0.3 is 11.9 Å². The summed E-state index contributed by atoms with van der Waals surface area (Å²) in [7, 11) is -2.39. The van der Waals surface area contributed by atoms with Crippen LogP contribution >= 0.6 is 0 Å². The number of nitrogens with one attached hydrogen (secondary N) is 4. The second-order valence-electron chi connectivity index (χ2n) is 15.3. The van der Waals surface area contributed by atoms with Gasteiger partial charge in [0.2, 0.25) is 27.7 Å². The molecule has 1 heterocycles. The van der Waals surface area contributed by atoms with Crippen LogP contribution in [0.4, 0.5) is 0 Å². The summed E-state index contributed by atoms with van der Waals surface area (Å²) in [6.07, 6.45) is 15.0. The zero-order valence-corrected chi connectivity index (χ0v) is 36.2. The topological polar surface area (TPSA) is 294 Å². The molecule has 20 heteroatoms. The number of nitrogens with zero attached hydrogens (tertiary/aromatic N) is 3. The van der Waals surface area contributed by atoms with Crippen molar-refractivity contribution in [3.63, 3.8) is 0 Å². The first kappa shape index (κ1) is 53.7. The minimum absolute atomic E-state index is 0.00985. The van der Waals surface area contributed by atoms with Gasteiger partial charge in [0, 0.05) is 71.6 Å². The molecule has 19 nitrogen and oxygen atoms in total. The maximum absolute atomic E-state index is 12.4. The van der Waals surface area contributed by atoms with Crippen LogP contribution in [0.2, 0.25) is 0 Å². The fourth-order valence-electron chi connectivity index (χ4n) is 6.46. The minimum atomic E-state index is -3.89. The molecule has 1 aromatic rings. The summed E-state index contributed by atoms with van der Waals surface area (Å²) in [5, 5.41) is 37.8. The third-order valence-corrected chi connectivity index (χ3v) is 11.3. The molecule has 1 rings (SSSR count). The number of tetrazole rings is 1. The van der Waals surface area contributed by atoms with Crippen molar-refractivity contribution in [3.8, 4) is 0 Å². The molecule has 3 amide bonds. The zero-order chi connectivity index (χ0) is 44.4. The number of carboxylic acids is 2. The molecule has 0 fully saturated rings. The van der Waals surface area contributed by atoms with E-state index in [1.54, 1.807) is 0 Å². The Bertz CT molecular complexity index is 1530. The standard InChI is InChI=1S/C40H69N7O12S/c1-59-28-16-19-32(48)24-25-34(40(55)56)42-37(51)26-23-31(39(53)54)30-33(49)18-15-27-41-36(50)22-17-29-60(57,58)45-38(52)21-14-12-10-8-6-4-2-3-5-7-9-11-13-20-35-43-46-47-44-35/h31,34H,2-30H2,1H3,(H,41,50)(H,42,51)(H,45,52)(H,53,54)(H,55,56)(H,43,44,46,47)/t31-,34?/m1/s1. The van der Waals surface area contributed by atoms with Gasteiger partial charge in [-0.05, 0) is 44.9 Å². The number of Topliss-reactive ketones (excluding diaryl/α,β-unsaturated/α-hetero) is 2. The molecule has 0 saturated carbocycles. The fraction of sp³-hybridized carbons (Fsp3) is 0.800. The monoisotopic (exact) mass is 871 g/mol. The van der Waals surface area contributed by atoms with Crippen LogP contribution in [-0.2, 0) is 54.7 Å². The molecule has 60 heavy (non-hydrogen) atoms. The molecule has 342 valence electrons. The van der Waals surface area contributed by atoms with Crippen LogP contribution in [0.25, 0.3) is 0 Å². The van der Waals surface area contributed by atoms with Gasteiger partial charge in [-0.2, -0.15) is 5.21 Å². The van der Waals surface area contributed by atoms with Gasteiger partial charge in [-0.25, -0.2) is 13.2 Å². The number of carbonyl (C=O) groups is 7. The average Bonchev–Trinajstić information content (AvgIpc) is 3.71. The Kier molecular flexibility index (Phi) is 29.9. The highest BCUT2D eigenvalue weighted by Gasteiger charge is 2.25. The molecular formula is C40H69N7O12S. The van der Waals surface area contributed by atoms with Gasteiger partial charge in [0.1, 0.15) is 17.6 Å². The number of methoxy groups -OCH3 is 1. The number of ether oxygens (including phenoxy) is 1. The second-order valence-corrected chi connectivity index (χ2v) is 17.1. The van der Waals surface area contributed by atoms with Crippen molar-refractivity contribution >= 4 is 51.2 Å². The molecular weight excluding hydrogens is 803 g/mol. The van der Waals surface area contributed by atoms with Crippen molar-refractivity contribution in [1.82, 2.24) is 36.0 Å². The van der Waals surface area contributed by atoms with Crippen LogP contribution in [0, 0.1) is 5.92 Å². The van der Waals surface area contributed by atoms with Crippen molar-refractivity contribution in [2.24, 2.45) is 5.92 Å². The number of aliphatic carboxylic acids is 2. The quantitative estimate of drug-likeness (QED) is 0.0506. The Morgan fingerprint density at radius 3 is 1.83 bits per heavy atom. The van der Waals surface area contributed by atoms with Crippen LogP contribution in [-0.4, -0.2) is 113 Å². The number of carboxylic acid groups (broad SMARTS) is 2. The fourth-order valence-corrected chi connectivity index (χ4v) is 7.54. The third kappa shape index (κ3) is 29.8. The molecule has 1 aromatic heterocycles. The molecule has 0 aliphatic carbocycles. The lowest BCUT2D eigenvalue weighted by atomic mass is 9.95. The summed E-state index contributed by atoms with van der Waals surface area (Å²) in [5.41, 5.74) is 0. The Labute approximate surface area is 354 Å². The molecule has 0 bridgehead atoms. The SMILES string of the molecule is COCCCC(=O)CCC(NC(=O)CC[C@H](CC(=O)CCCNC(=O)CCCS(=O)(=O)NC(=O)CCCCCCCCCCCCCCCc1nn[nH]n1)C(=O)O)C(=O)O. The van der Waals surface area contributed by atoms with Crippen molar-refractivity contribution < 1.29 is 56.9 Å². The van der Waals surface area contributed by atoms with Crippen LogP contribution in [0.1, 0.15) is 166 Å². The van der Waals surface area contributed by atoms with Gasteiger partial charge < -0.3 is 25.6 Å². The Morgan fingerprint density at radius 2 is 1.25 bits per heavy atom. The summed E-state index contributed by atoms with van der Waals surface area (Å²) >= 11 is 0. The Balaban J connectivity index is 2.11. The number of aryl methyl sites for hydroxylation is 1. The van der Waals surface area contributed by atoms with E-state index in [9.17, 15) is 52.2 Å². The number of hydrogen-bond acceptors (Lipinski definition) is 13. The lowest BCUT2D eigenvalue weighted by Gasteiger charge is -2.16. The molecule has 2 atom stereocenters. The van der Waals surface area contributed by atoms with E-state index in [1.807, 2.05) is 0 Å². The van der Waals surface area contributed by atoms with Gasteiger partial charge in [-0.1, -0.05) is 75.8 Å². The van der Waals surface area contributed by atoms with Gasteiger partial charge in [-0.15, -0.1) is 10.2 Å². The normalized spacial score (nSPS) is 12.3. The molecule has 0 radical (unpaired) electrons. The van der Waals surface area contributed by atoms with Crippen molar-refractivity contribution in [2.45, 2.75) is 173 Å². The van der Waals surface area contributed by atoms with E-state index in [0.29, 0.717) is 19.4 Å². The number of amides is 3. The number of carbonyl (C=O) groups excluding carboxylic acids is 5. The van der Waals surface area contributed by atoms with Gasteiger partial charge in [0.05, 0.1) is 11.7 Å². The molecule has 0 saturated heterocycles. The molecule has 0 spiro atoms. The Hall–Kier alpha value is -4.33. The van der Waals surface area contributed by atoms with Crippen LogP contribution in [0.3, 0.4) is 0 Å². The van der Waals surface area contributed by atoms with Gasteiger partial charge in [0.25, 0.3) is 0 Å². The highest BCUT2D eigenvalue weighted by Crippen LogP contribution is 2.16. The van der Waals surface area contributed by atoms with Crippen LogP contribution < -0.4 is 15.4 Å². The van der Waals surface area contributed by atoms with E-state index in [1.165, 1.54) is 52.1 Å². The molecule has 0 aliphatic rings. The summed E-state index contributed by atoms with van der Waals surface area (Å²) in [4.78, 5) is 84.4. The number of H-pyrrole nitrogens is 1. The first-order valence-corrected chi connectivity index (χ1v) is 23.2. The lowest BCUT2D eigenvalue weighted by molar-refractivity contribution is -0.145. The Morgan fingerprint density at radius 1 is 0.650 bits per heavy atom. The van der Waals surface area contributed by atoms with Crippen molar-refractivity contribution in [2.75, 3.05) is 26.0 Å². The van der Waals surface area contributed by atoms with Crippen LogP contribution in [0.5, 0.6) is 0 Å². The zero-order valence-electron chi connectivity index (χ0n) is 35.4. The minimum Gasteiger partial charge on any atom is -0.481 e. The predicted octanol–water partition coefficient (Wildman–Crippen LogP) is 4.11. The largest absolute Gasteiger partial charge is 0.481 e. The number of hydrogen-bond donors (Lipinski definition) is 6. The molecule has 0 aromatic carbocycles. The van der Waals surface area contributed by atoms with E-state index < -0.39 is 63.2 Å². The van der Waals surface area contributed by atoms with Gasteiger partial charge in [-0.3, -0.25) is 33.5 Å². The molecule has 0 aliphatic heterocycles. The first-order chi connectivity index (χ1) is 28.7. The van der Waals surface area contributed by atoms with E-state index >= 15 is 0 Å². The smallest absolute Gasteiger partial charge is 0.326 e. The van der Waals surface area contributed by atoms with E-state index in [0.717, 1.165) is 44.3 Å². The number of rotatable bonds is 40. The highest BCUT2D eigenvalue weighted by molar-refractivity contribution is 7.90. The number of aromatic amines is 1. The van der Waals surface area contributed by atoms with Crippen molar-refractivity contribution in [3.05, 3.63) is 5.82 Å². The average molecular weight is 872 g/mol.